The largest absolute Gasteiger partial charge is 0.369 e. The highest BCUT2D eigenvalue weighted by Gasteiger charge is 2.22. The summed E-state index contributed by atoms with van der Waals surface area (Å²) in [5.74, 6) is -0.833. The summed E-state index contributed by atoms with van der Waals surface area (Å²) in [6, 6.07) is 7.77. The lowest BCUT2D eigenvalue weighted by atomic mass is 10.1. The summed E-state index contributed by atoms with van der Waals surface area (Å²) in [5.41, 5.74) is 15.0. The normalized spacial score (nSPS) is 11.0. The summed E-state index contributed by atoms with van der Waals surface area (Å²) in [6.07, 6.45) is 0.162. The number of hydrogen-bond acceptors (Lipinski definition) is 3. The maximum atomic E-state index is 11.9. The molecule has 0 saturated carbocycles. The molecule has 0 aliphatic heterocycles. The topological polar surface area (TPSA) is 91.1 Å². The molecule has 4 N–H and O–H groups in total. The molecule has 2 heterocycles. The van der Waals surface area contributed by atoms with Gasteiger partial charge in [-0.3, -0.25) is 9.59 Å². The second-order valence-corrected chi connectivity index (χ2v) is 6.38. The van der Waals surface area contributed by atoms with E-state index in [1.54, 1.807) is 0 Å². The van der Waals surface area contributed by atoms with Crippen molar-refractivity contribution >= 4 is 34.1 Å². The number of nitrogens with two attached hydrogens (primary N) is 2. The van der Waals surface area contributed by atoms with Crippen LogP contribution in [0.5, 0.6) is 0 Å². The number of aryl methyl sites for hydroxylation is 1. The molecular formula is C17H17N3O2S. The zero-order valence-corrected chi connectivity index (χ0v) is 13.7. The average Bonchev–Trinajstić information content (AvgIpc) is 2.98. The van der Waals surface area contributed by atoms with E-state index in [0.717, 1.165) is 32.7 Å². The van der Waals surface area contributed by atoms with Crippen molar-refractivity contribution < 1.29 is 9.59 Å². The number of carbonyl (C=O) groups excluding carboxylic acids is 2. The van der Waals surface area contributed by atoms with Crippen LogP contribution < -0.4 is 11.5 Å². The molecule has 23 heavy (non-hydrogen) atoms. The summed E-state index contributed by atoms with van der Waals surface area (Å²) in [7, 11) is 0. The van der Waals surface area contributed by atoms with Crippen molar-refractivity contribution in [1.82, 2.24) is 4.57 Å². The van der Waals surface area contributed by atoms with Crippen molar-refractivity contribution in [3.05, 3.63) is 52.0 Å². The summed E-state index contributed by atoms with van der Waals surface area (Å²) in [5, 5.41) is 3.65. The van der Waals surface area contributed by atoms with Gasteiger partial charge in [0, 0.05) is 11.1 Å². The number of rotatable bonds is 4. The lowest BCUT2D eigenvalue weighted by Gasteiger charge is -2.09. The van der Waals surface area contributed by atoms with Crippen LogP contribution >= 0.6 is 11.3 Å². The molecule has 0 fully saturated rings. The van der Waals surface area contributed by atoms with Gasteiger partial charge in [-0.15, -0.1) is 11.3 Å². The zero-order chi connectivity index (χ0) is 16.7. The molecule has 2 amide bonds. The standard InChI is InChI=1S/C17H17N3O2S/c1-9-8-23-17(15(9)16(19)22)20-10(2)12(7-14(18)21)11-5-3-4-6-13(11)20/h3-6,8H,7H2,1-2H3,(H2,18,21)(H2,19,22). The molecule has 0 radical (unpaired) electrons. The van der Waals surface area contributed by atoms with Crippen molar-refractivity contribution in [3.63, 3.8) is 0 Å². The van der Waals surface area contributed by atoms with Gasteiger partial charge in [-0.1, -0.05) is 18.2 Å². The highest BCUT2D eigenvalue weighted by Crippen LogP contribution is 2.34. The van der Waals surface area contributed by atoms with Gasteiger partial charge in [0.25, 0.3) is 5.91 Å². The Labute approximate surface area is 137 Å². The van der Waals surface area contributed by atoms with Crippen LogP contribution in [0.15, 0.2) is 29.6 Å². The molecule has 0 atom stereocenters. The first kappa shape index (κ1) is 15.3. The Balaban J connectivity index is 2.37. The lowest BCUT2D eigenvalue weighted by Crippen LogP contribution is -2.15. The number of para-hydroxylation sites is 1. The third kappa shape index (κ3) is 2.41. The minimum atomic E-state index is -0.451. The highest BCUT2D eigenvalue weighted by atomic mass is 32.1. The molecule has 0 saturated heterocycles. The van der Waals surface area contributed by atoms with E-state index in [2.05, 4.69) is 0 Å². The van der Waals surface area contributed by atoms with Gasteiger partial charge < -0.3 is 16.0 Å². The van der Waals surface area contributed by atoms with Crippen LogP contribution in [0, 0.1) is 13.8 Å². The number of hydrogen-bond donors (Lipinski definition) is 2. The van der Waals surface area contributed by atoms with Crippen LogP contribution in [0.4, 0.5) is 0 Å². The minimum Gasteiger partial charge on any atom is -0.369 e. The number of primary amides is 2. The van der Waals surface area contributed by atoms with E-state index in [9.17, 15) is 9.59 Å². The van der Waals surface area contributed by atoms with Gasteiger partial charge in [-0.05, 0) is 36.4 Å². The molecule has 3 aromatic rings. The van der Waals surface area contributed by atoms with Crippen LogP contribution in [-0.4, -0.2) is 16.4 Å². The number of amides is 2. The number of thiophene rings is 1. The number of benzene rings is 1. The first-order chi connectivity index (χ1) is 10.9. The Kier molecular flexibility index (Phi) is 3.69. The average molecular weight is 327 g/mol. The van der Waals surface area contributed by atoms with E-state index in [4.69, 9.17) is 11.5 Å². The van der Waals surface area contributed by atoms with E-state index in [1.165, 1.54) is 11.3 Å². The molecule has 1 aromatic carbocycles. The Hall–Kier alpha value is -2.60. The first-order valence-corrected chi connectivity index (χ1v) is 8.05. The SMILES string of the molecule is Cc1csc(-n2c(C)c(CC(N)=O)c3ccccc32)c1C(N)=O. The van der Waals surface area contributed by atoms with Gasteiger partial charge in [0.05, 0.1) is 17.5 Å². The van der Waals surface area contributed by atoms with E-state index in [-0.39, 0.29) is 12.3 Å². The van der Waals surface area contributed by atoms with Crippen LogP contribution in [0.2, 0.25) is 0 Å². The molecule has 6 heteroatoms. The Bertz CT molecular complexity index is 937. The van der Waals surface area contributed by atoms with E-state index in [0.29, 0.717) is 5.56 Å². The van der Waals surface area contributed by atoms with Crippen molar-refractivity contribution in [2.75, 3.05) is 0 Å². The number of fused-ring (bicyclic) bond motifs is 1. The Morgan fingerprint density at radius 1 is 1.17 bits per heavy atom. The van der Waals surface area contributed by atoms with Gasteiger partial charge >= 0.3 is 0 Å². The molecule has 118 valence electrons. The smallest absolute Gasteiger partial charge is 0.251 e. The second-order valence-electron chi connectivity index (χ2n) is 5.52. The molecule has 0 aliphatic carbocycles. The summed E-state index contributed by atoms with van der Waals surface area (Å²) in [4.78, 5) is 23.3. The van der Waals surface area contributed by atoms with Crippen molar-refractivity contribution in [2.24, 2.45) is 11.5 Å². The molecule has 0 spiro atoms. The number of nitrogens with zero attached hydrogens (tertiary/aromatic N) is 1. The van der Waals surface area contributed by atoms with E-state index >= 15 is 0 Å². The van der Waals surface area contributed by atoms with Crippen molar-refractivity contribution in [3.8, 4) is 5.00 Å². The fraction of sp³-hybridized carbons (Fsp3) is 0.176. The van der Waals surface area contributed by atoms with Gasteiger partial charge in [-0.2, -0.15) is 0 Å². The minimum absolute atomic E-state index is 0.162. The predicted molar refractivity (Wildman–Crippen MR) is 92.0 cm³/mol. The summed E-state index contributed by atoms with van der Waals surface area (Å²) in [6.45, 7) is 3.80. The predicted octanol–water partition coefficient (Wildman–Crippen LogP) is 2.44. The molecular weight excluding hydrogens is 310 g/mol. The number of carbonyl (C=O) groups is 2. The van der Waals surface area contributed by atoms with Crippen LogP contribution in [0.3, 0.4) is 0 Å². The van der Waals surface area contributed by atoms with Crippen molar-refractivity contribution in [1.29, 1.82) is 0 Å². The Morgan fingerprint density at radius 2 is 1.87 bits per heavy atom. The van der Waals surface area contributed by atoms with Crippen LogP contribution in [-0.2, 0) is 11.2 Å². The third-order valence-corrected chi connectivity index (χ3v) is 5.08. The molecule has 2 aromatic heterocycles. The maximum Gasteiger partial charge on any atom is 0.251 e. The fourth-order valence-electron chi connectivity index (χ4n) is 2.99. The molecule has 0 unspecified atom stereocenters. The van der Waals surface area contributed by atoms with Gasteiger partial charge in [0.15, 0.2) is 0 Å². The van der Waals surface area contributed by atoms with Gasteiger partial charge in [0.2, 0.25) is 5.91 Å². The van der Waals surface area contributed by atoms with Gasteiger partial charge in [-0.25, -0.2) is 0 Å². The summed E-state index contributed by atoms with van der Waals surface area (Å²) >= 11 is 1.46. The maximum absolute atomic E-state index is 11.9. The summed E-state index contributed by atoms with van der Waals surface area (Å²) < 4.78 is 1.99. The van der Waals surface area contributed by atoms with Gasteiger partial charge in [0.1, 0.15) is 5.00 Å². The third-order valence-electron chi connectivity index (χ3n) is 4.00. The van der Waals surface area contributed by atoms with E-state index < -0.39 is 5.91 Å². The van der Waals surface area contributed by atoms with Crippen molar-refractivity contribution in [2.45, 2.75) is 20.3 Å². The monoisotopic (exact) mass is 327 g/mol. The quantitative estimate of drug-likeness (QED) is 0.770. The molecule has 0 aliphatic rings. The lowest BCUT2D eigenvalue weighted by molar-refractivity contribution is -0.117. The second kappa shape index (κ2) is 5.55. The molecule has 3 rings (SSSR count). The fourth-order valence-corrected chi connectivity index (χ4v) is 4.11. The molecule has 0 bridgehead atoms. The molecule has 5 nitrogen and oxygen atoms in total. The van der Waals surface area contributed by atoms with Crippen LogP contribution in [0.25, 0.3) is 15.9 Å². The zero-order valence-electron chi connectivity index (χ0n) is 12.9. The number of aromatic nitrogens is 1. The van der Waals surface area contributed by atoms with E-state index in [1.807, 2.05) is 48.1 Å². The highest BCUT2D eigenvalue weighted by molar-refractivity contribution is 7.13. The first-order valence-electron chi connectivity index (χ1n) is 7.17. The Morgan fingerprint density at radius 3 is 2.52 bits per heavy atom. The van der Waals surface area contributed by atoms with Crippen LogP contribution in [0.1, 0.15) is 27.2 Å².